The quantitative estimate of drug-likeness (QED) is 0.857. The molecule has 0 saturated heterocycles. The van der Waals surface area contributed by atoms with Gasteiger partial charge in [0.05, 0.1) is 16.1 Å². The molecule has 4 nitrogen and oxygen atoms in total. The van der Waals surface area contributed by atoms with E-state index in [1.165, 1.54) is 17.4 Å². The molecule has 0 aliphatic rings. The van der Waals surface area contributed by atoms with Crippen LogP contribution in [-0.4, -0.2) is 11.8 Å². The van der Waals surface area contributed by atoms with E-state index in [-0.39, 0.29) is 10.6 Å². The number of halogens is 2. The molecule has 2 rings (SSSR count). The number of nitrogens with one attached hydrogen (secondary N) is 1. The van der Waals surface area contributed by atoms with Crippen LogP contribution >= 0.6 is 34.5 Å². The molecule has 0 radical (unpaired) electrons. The van der Waals surface area contributed by atoms with Gasteiger partial charge in [-0.05, 0) is 37.1 Å². The van der Waals surface area contributed by atoms with Gasteiger partial charge in [0, 0.05) is 9.90 Å². The number of carbonyl (C=O) groups is 2. The number of amides is 2. The Kier molecular flexibility index (Phi) is 5.11. The third kappa shape index (κ3) is 3.27. The molecule has 3 N–H and O–H groups in total. The van der Waals surface area contributed by atoms with Crippen molar-refractivity contribution in [1.29, 1.82) is 0 Å². The van der Waals surface area contributed by atoms with Crippen LogP contribution in [-0.2, 0) is 6.42 Å². The minimum atomic E-state index is -0.561. The third-order valence-corrected chi connectivity index (χ3v) is 4.84. The van der Waals surface area contributed by atoms with Crippen molar-refractivity contribution in [3.05, 3.63) is 49.8 Å². The molecular formula is C15H14Cl2N2O2S. The summed E-state index contributed by atoms with van der Waals surface area (Å²) in [5.41, 5.74) is 6.90. The summed E-state index contributed by atoms with van der Waals surface area (Å²) in [5, 5.41) is 3.83. The van der Waals surface area contributed by atoms with Crippen molar-refractivity contribution in [1.82, 2.24) is 0 Å². The Balaban J connectivity index is 2.41. The zero-order chi connectivity index (χ0) is 16.4. The first-order valence-electron chi connectivity index (χ1n) is 6.53. The van der Waals surface area contributed by atoms with Gasteiger partial charge in [-0.3, -0.25) is 9.59 Å². The van der Waals surface area contributed by atoms with Crippen LogP contribution in [0.25, 0.3) is 0 Å². The van der Waals surface area contributed by atoms with Crippen LogP contribution in [0, 0.1) is 6.92 Å². The minimum absolute atomic E-state index is 0.244. The van der Waals surface area contributed by atoms with Crippen molar-refractivity contribution in [2.75, 3.05) is 5.32 Å². The van der Waals surface area contributed by atoms with Gasteiger partial charge < -0.3 is 11.1 Å². The summed E-state index contributed by atoms with van der Waals surface area (Å²) in [7, 11) is 0. The van der Waals surface area contributed by atoms with Crippen molar-refractivity contribution in [2.24, 2.45) is 5.73 Å². The molecule has 0 unspecified atom stereocenters. The molecule has 0 saturated carbocycles. The van der Waals surface area contributed by atoms with Crippen LogP contribution in [0.2, 0.25) is 10.0 Å². The molecule has 0 bridgehead atoms. The monoisotopic (exact) mass is 356 g/mol. The van der Waals surface area contributed by atoms with Crippen molar-refractivity contribution >= 4 is 51.4 Å². The highest BCUT2D eigenvalue weighted by Crippen LogP contribution is 2.34. The number of anilines is 1. The highest BCUT2D eigenvalue weighted by molar-refractivity contribution is 7.16. The third-order valence-electron chi connectivity index (χ3n) is 3.21. The van der Waals surface area contributed by atoms with Gasteiger partial charge >= 0.3 is 0 Å². The van der Waals surface area contributed by atoms with Gasteiger partial charge in [-0.2, -0.15) is 0 Å². The first-order chi connectivity index (χ1) is 10.3. The predicted octanol–water partition coefficient (Wildman–Crippen LogP) is 4.28. The number of thiophene rings is 1. The lowest BCUT2D eigenvalue weighted by molar-refractivity contribution is 0.100. The summed E-state index contributed by atoms with van der Waals surface area (Å²) >= 11 is 13.2. The molecule has 1 aromatic carbocycles. The maximum Gasteiger partial charge on any atom is 0.257 e. The van der Waals surface area contributed by atoms with Gasteiger partial charge in [-0.25, -0.2) is 0 Å². The lowest BCUT2D eigenvalue weighted by atomic mass is 10.1. The fourth-order valence-electron chi connectivity index (χ4n) is 2.20. The smallest absolute Gasteiger partial charge is 0.257 e. The number of hydrogen-bond acceptors (Lipinski definition) is 3. The van der Waals surface area contributed by atoms with E-state index in [2.05, 4.69) is 5.32 Å². The van der Waals surface area contributed by atoms with Crippen LogP contribution in [0.3, 0.4) is 0 Å². The Morgan fingerprint density at radius 1 is 1.32 bits per heavy atom. The maximum absolute atomic E-state index is 12.4. The van der Waals surface area contributed by atoms with Crippen molar-refractivity contribution in [2.45, 2.75) is 20.3 Å². The predicted molar refractivity (Wildman–Crippen MR) is 91.4 cm³/mol. The Labute approximate surface area is 142 Å². The van der Waals surface area contributed by atoms with Gasteiger partial charge in [0.15, 0.2) is 0 Å². The average molecular weight is 357 g/mol. The SMILES string of the molecule is CCc1c(C)sc(NC(=O)c2cc(Cl)ccc2Cl)c1C(N)=O. The second-order valence-corrected chi connectivity index (χ2v) is 6.71. The van der Waals surface area contributed by atoms with Gasteiger partial charge in [0.25, 0.3) is 11.8 Å². The second-order valence-electron chi connectivity index (χ2n) is 4.64. The summed E-state index contributed by atoms with van der Waals surface area (Å²) in [4.78, 5) is 25.0. The Morgan fingerprint density at radius 3 is 2.59 bits per heavy atom. The lowest BCUT2D eigenvalue weighted by Crippen LogP contribution is -2.18. The zero-order valence-electron chi connectivity index (χ0n) is 12.0. The van der Waals surface area contributed by atoms with Gasteiger partial charge in [0.1, 0.15) is 5.00 Å². The molecule has 0 atom stereocenters. The first-order valence-corrected chi connectivity index (χ1v) is 8.10. The number of carbonyl (C=O) groups excluding carboxylic acids is 2. The van der Waals surface area contributed by atoms with Crippen molar-refractivity contribution in [3.8, 4) is 0 Å². The molecule has 116 valence electrons. The molecule has 0 fully saturated rings. The summed E-state index contributed by atoms with van der Waals surface area (Å²) in [5.74, 6) is -0.993. The normalized spacial score (nSPS) is 10.5. The number of nitrogens with two attached hydrogens (primary N) is 1. The van der Waals surface area contributed by atoms with Crippen LogP contribution in [0.1, 0.15) is 38.1 Å². The van der Waals surface area contributed by atoms with Crippen LogP contribution < -0.4 is 11.1 Å². The number of hydrogen-bond donors (Lipinski definition) is 2. The highest BCUT2D eigenvalue weighted by Gasteiger charge is 2.21. The molecule has 1 heterocycles. The molecule has 0 aliphatic heterocycles. The van der Waals surface area contributed by atoms with E-state index in [0.717, 1.165) is 10.4 Å². The van der Waals surface area contributed by atoms with Crippen molar-refractivity contribution < 1.29 is 9.59 Å². The van der Waals surface area contributed by atoms with E-state index >= 15 is 0 Å². The molecular weight excluding hydrogens is 343 g/mol. The molecule has 2 amide bonds. The fourth-order valence-corrected chi connectivity index (χ4v) is 3.72. The van der Waals surface area contributed by atoms with Crippen LogP contribution in [0.4, 0.5) is 5.00 Å². The number of primary amides is 1. The van der Waals surface area contributed by atoms with Gasteiger partial charge in [-0.15, -0.1) is 11.3 Å². The molecule has 1 aromatic heterocycles. The minimum Gasteiger partial charge on any atom is -0.365 e. The Bertz CT molecular complexity index is 756. The zero-order valence-corrected chi connectivity index (χ0v) is 14.3. The van der Waals surface area contributed by atoms with E-state index in [1.54, 1.807) is 12.1 Å². The number of benzene rings is 1. The largest absolute Gasteiger partial charge is 0.365 e. The summed E-state index contributed by atoms with van der Waals surface area (Å²) < 4.78 is 0. The highest BCUT2D eigenvalue weighted by atomic mass is 35.5. The van der Waals surface area contributed by atoms with Gasteiger partial charge in [-0.1, -0.05) is 30.1 Å². The lowest BCUT2D eigenvalue weighted by Gasteiger charge is -2.07. The second kappa shape index (κ2) is 6.69. The average Bonchev–Trinajstić information content (AvgIpc) is 2.76. The summed E-state index contributed by atoms with van der Waals surface area (Å²) in [6.45, 7) is 3.82. The first kappa shape index (κ1) is 16.8. The maximum atomic E-state index is 12.4. The molecule has 0 aliphatic carbocycles. The van der Waals surface area contributed by atoms with Crippen LogP contribution in [0.5, 0.6) is 0 Å². The van der Waals surface area contributed by atoms with Crippen LogP contribution in [0.15, 0.2) is 18.2 Å². The van der Waals surface area contributed by atoms with E-state index in [4.69, 9.17) is 28.9 Å². The van der Waals surface area contributed by atoms with E-state index < -0.39 is 11.8 Å². The molecule has 22 heavy (non-hydrogen) atoms. The summed E-state index contributed by atoms with van der Waals surface area (Å²) in [6, 6.07) is 4.62. The number of aryl methyl sites for hydroxylation is 1. The Morgan fingerprint density at radius 2 is 2.00 bits per heavy atom. The van der Waals surface area contributed by atoms with Crippen molar-refractivity contribution in [3.63, 3.8) is 0 Å². The van der Waals surface area contributed by atoms with E-state index in [1.807, 2.05) is 13.8 Å². The molecule has 2 aromatic rings. The molecule has 0 spiro atoms. The number of rotatable bonds is 4. The molecule has 7 heteroatoms. The van der Waals surface area contributed by atoms with E-state index in [0.29, 0.717) is 22.0 Å². The standard InChI is InChI=1S/C15H14Cl2N2O2S/c1-3-9-7(2)22-15(12(9)13(18)20)19-14(21)10-6-8(16)4-5-11(10)17/h4-6H,3H2,1-2H3,(H2,18,20)(H,19,21). The van der Waals surface area contributed by atoms with Gasteiger partial charge in [0.2, 0.25) is 0 Å². The van der Waals surface area contributed by atoms with E-state index in [9.17, 15) is 9.59 Å². The Hall–Kier alpha value is -1.56. The summed E-state index contributed by atoms with van der Waals surface area (Å²) in [6.07, 6.45) is 0.661. The topological polar surface area (TPSA) is 72.2 Å². The fraction of sp³-hybridized carbons (Fsp3) is 0.200.